The van der Waals surface area contributed by atoms with Crippen molar-refractivity contribution in [3.63, 3.8) is 0 Å². The lowest BCUT2D eigenvalue weighted by Gasteiger charge is -2.38. The SMILES string of the molecule is CC1(C(=O)NC(CCN2CCC3(CC2)CCN(Cc2ccc(S(C)(=O)=O)cc2)C3=O)c2ccccc2Cl)CC1.Cl. The number of nitrogens with one attached hydrogen (secondary N) is 1. The number of rotatable bonds is 9. The van der Waals surface area contributed by atoms with Crippen LogP contribution in [0.5, 0.6) is 0 Å². The zero-order chi connectivity index (χ0) is 27.8. The number of sulfone groups is 1. The summed E-state index contributed by atoms with van der Waals surface area (Å²) in [4.78, 5) is 31.0. The number of carbonyl (C=O) groups excluding carboxylic acids is 2. The molecule has 0 bridgehead atoms. The molecule has 1 atom stereocenters. The zero-order valence-corrected chi connectivity index (χ0v) is 25.6. The number of halogens is 2. The first-order valence-electron chi connectivity index (χ1n) is 13.9. The lowest BCUT2D eigenvalue weighted by atomic mass is 9.77. The highest BCUT2D eigenvalue weighted by Gasteiger charge is 2.48. The second kappa shape index (κ2) is 12.0. The molecular formula is C30H39Cl2N3O4S. The van der Waals surface area contributed by atoms with Crippen LogP contribution in [0.15, 0.2) is 53.4 Å². The summed E-state index contributed by atoms with van der Waals surface area (Å²) in [7, 11) is -3.24. The van der Waals surface area contributed by atoms with Crippen LogP contribution in [0.1, 0.15) is 62.6 Å². The highest BCUT2D eigenvalue weighted by molar-refractivity contribution is 7.90. The van der Waals surface area contributed by atoms with Gasteiger partial charge in [0.25, 0.3) is 0 Å². The molecule has 7 nitrogen and oxygen atoms in total. The number of nitrogens with zero attached hydrogens (tertiary/aromatic N) is 2. The number of piperidine rings is 1. The molecule has 1 unspecified atom stereocenters. The maximum Gasteiger partial charge on any atom is 0.229 e. The molecule has 40 heavy (non-hydrogen) atoms. The second-order valence-corrected chi connectivity index (χ2v) is 14.3. The number of amides is 2. The van der Waals surface area contributed by atoms with E-state index in [0.717, 1.165) is 75.8 Å². The molecule has 3 aliphatic rings. The molecular weight excluding hydrogens is 569 g/mol. The Morgan fingerprint density at radius 1 is 1.00 bits per heavy atom. The van der Waals surface area contributed by atoms with Crippen molar-refractivity contribution in [2.45, 2.75) is 62.9 Å². The van der Waals surface area contributed by atoms with Crippen molar-refractivity contribution in [3.8, 4) is 0 Å². The van der Waals surface area contributed by atoms with Gasteiger partial charge in [-0.1, -0.05) is 48.9 Å². The van der Waals surface area contributed by atoms with E-state index in [0.29, 0.717) is 16.5 Å². The first kappa shape index (κ1) is 30.8. The van der Waals surface area contributed by atoms with Gasteiger partial charge in [0.1, 0.15) is 0 Å². The molecule has 3 fully saturated rings. The van der Waals surface area contributed by atoms with Crippen molar-refractivity contribution in [1.82, 2.24) is 15.1 Å². The molecule has 2 aliphatic heterocycles. The summed E-state index contributed by atoms with van der Waals surface area (Å²) in [6, 6.07) is 14.4. The average molecular weight is 609 g/mol. The Balaban J connectivity index is 0.00000370. The van der Waals surface area contributed by atoms with Crippen LogP contribution < -0.4 is 5.32 Å². The number of carbonyl (C=O) groups is 2. The third-order valence-corrected chi connectivity index (χ3v) is 10.5. The van der Waals surface area contributed by atoms with Gasteiger partial charge in [0.05, 0.1) is 16.4 Å². The summed E-state index contributed by atoms with van der Waals surface area (Å²) < 4.78 is 23.5. The molecule has 0 radical (unpaired) electrons. The largest absolute Gasteiger partial charge is 0.349 e. The Hall–Kier alpha value is -2.13. The van der Waals surface area contributed by atoms with Crippen molar-refractivity contribution < 1.29 is 18.0 Å². The van der Waals surface area contributed by atoms with Gasteiger partial charge in [-0.05, 0) is 80.9 Å². The maximum absolute atomic E-state index is 13.5. The molecule has 2 amide bonds. The Morgan fingerprint density at radius 3 is 2.23 bits per heavy atom. The van der Waals surface area contributed by atoms with Crippen LogP contribution in [-0.2, 0) is 26.0 Å². The van der Waals surface area contributed by atoms with E-state index < -0.39 is 9.84 Å². The molecule has 5 rings (SSSR count). The van der Waals surface area contributed by atoms with Crippen LogP contribution in [-0.4, -0.2) is 62.5 Å². The van der Waals surface area contributed by atoms with Gasteiger partial charge in [0.2, 0.25) is 11.8 Å². The molecule has 10 heteroatoms. The van der Waals surface area contributed by atoms with Gasteiger partial charge in [-0.3, -0.25) is 9.59 Å². The third kappa shape index (κ3) is 6.67. The van der Waals surface area contributed by atoms with Crippen LogP contribution >= 0.6 is 24.0 Å². The van der Waals surface area contributed by atoms with E-state index in [-0.39, 0.29) is 41.1 Å². The number of likely N-dealkylation sites (tertiary alicyclic amines) is 2. The fraction of sp³-hybridized carbons (Fsp3) is 0.533. The van der Waals surface area contributed by atoms with E-state index in [1.165, 1.54) is 6.26 Å². The predicted octanol–water partition coefficient (Wildman–Crippen LogP) is 5.03. The molecule has 1 N–H and O–H groups in total. The number of hydrogen-bond donors (Lipinski definition) is 1. The molecule has 2 aromatic carbocycles. The van der Waals surface area contributed by atoms with E-state index in [4.69, 9.17) is 11.6 Å². The summed E-state index contributed by atoms with van der Waals surface area (Å²) in [5, 5.41) is 3.94. The van der Waals surface area contributed by atoms with Crippen LogP contribution in [0.4, 0.5) is 0 Å². The van der Waals surface area contributed by atoms with E-state index in [1.54, 1.807) is 24.3 Å². The quantitative estimate of drug-likeness (QED) is 0.432. The fourth-order valence-electron chi connectivity index (χ4n) is 5.90. The predicted molar refractivity (Wildman–Crippen MR) is 159 cm³/mol. The molecule has 2 aromatic rings. The average Bonchev–Trinajstić information content (AvgIpc) is 3.61. The summed E-state index contributed by atoms with van der Waals surface area (Å²) in [5.74, 6) is 0.320. The van der Waals surface area contributed by atoms with Gasteiger partial charge in [-0.2, -0.15) is 0 Å². The third-order valence-electron chi connectivity index (χ3n) is 9.01. The van der Waals surface area contributed by atoms with Gasteiger partial charge in [0, 0.05) is 36.3 Å². The van der Waals surface area contributed by atoms with Gasteiger partial charge >= 0.3 is 0 Å². The van der Waals surface area contributed by atoms with Gasteiger partial charge in [0.15, 0.2) is 9.84 Å². The van der Waals surface area contributed by atoms with Crippen molar-refractivity contribution >= 4 is 45.7 Å². The van der Waals surface area contributed by atoms with Crippen molar-refractivity contribution in [2.24, 2.45) is 10.8 Å². The molecule has 1 saturated carbocycles. The normalized spacial score (nSPS) is 20.7. The monoisotopic (exact) mass is 607 g/mol. The van der Waals surface area contributed by atoms with Gasteiger partial charge in [-0.25, -0.2) is 8.42 Å². The van der Waals surface area contributed by atoms with Gasteiger partial charge in [-0.15, -0.1) is 12.4 Å². The summed E-state index contributed by atoms with van der Waals surface area (Å²) in [6.45, 7) is 5.78. The second-order valence-electron chi connectivity index (χ2n) is 11.9. The van der Waals surface area contributed by atoms with Crippen molar-refractivity contribution in [3.05, 3.63) is 64.7 Å². The standard InChI is InChI=1S/C30H38ClN3O4S.ClH/c1-29(12-13-29)27(35)32-26(24-5-3-4-6-25(24)31)11-17-33-18-14-30(15-19-33)16-20-34(28(30)36)21-22-7-9-23(10-8-22)39(2,37)38;/h3-10,26H,11-21H2,1-2H3,(H,32,35);1H. The highest BCUT2D eigenvalue weighted by Crippen LogP contribution is 2.46. The van der Waals surface area contributed by atoms with Crippen LogP contribution in [0.25, 0.3) is 0 Å². The highest BCUT2D eigenvalue weighted by atomic mass is 35.5. The van der Waals surface area contributed by atoms with E-state index >= 15 is 0 Å². The molecule has 0 aromatic heterocycles. The van der Waals surface area contributed by atoms with Crippen LogP contribution in [0.3, 0.4) is 0 Å². The topological polar surface area (TPSA) is 86.8 Å². The van der Waals surface area contributed by atoms with E-state index in [1.807, 2.05) is 36.1 Å². The lowest BCUT2D eigenvalue weighted by molar-refractivity contribution is -0.139. The minimum atomic E-state index is -3.24. The molecule has 1 aliphatic carbocycles. The first-order valence-corrected chi connectivity index (χ1v) is 16.1. The van der Waals surface area contributed by atoms with Crippen LogP contribution in [0, 0.1) is 10.8 Å². The Morgan fingerprint density at radius 2 is 1.62 bits per heavy atom. The summed E-state index contributed by atoms with van der Waals surface area (Å²) >= 11 is 6.52. The Kier molecular flexibility index (Phi) is 9.25. The van der Waals surface area contributed by atoms with E-state index in [9.17, 15) is 18.0 Å². The number of hydrogen-bond acceptors (Lipinski definition) is 5. The number of benzene rings is 2. The lowest BCUT2D eigenvalue weighted by Crippen LogP contribution is -2.45. The van der Waals surface area contributed by atoms with Crippen molar-refractivity contribution in [1.29, 1.82) is 0 Å². The molecule has 2 saturated heterocycles. The fourth-order valence-corrected chi connectivity index (χ4v) is 6.79. The zero-order valence-electron chi connectivity index (χ0n) is 23.2. The van der Waals surface area contributed by atoms with Crippen LogP contribution in [0.2, 0.25) is 5.02 Å². The molecule has 218 valence electrons. The minimum Gasteiger partial charge on any atom is -0.349 e. The molecule has 2 heterocycles. The summed E-state index contributed by atoms with van der Waals surface area (Å²) in [6.07, 6.45) is 6.34. The maximum atomic E-state index is 13.5. The smallest absolute Gasteiger partial charge is 0.229 e. The first-order chi connectivity index (χ1) is 18.5. The Bertz CT molecular complexity index is 1340. The molecule has 1 spiro atoms. The van der Waals surface area contributed by atoms with Gasteiger partial charge < -0.3 is 15.1 Å². The van der Waals surface area contributed by atoms with Crippen molar-refractivity contribution in [2.75, 3.05) is 32.4 Å². The van der Waals surface area contributed by atoms with E-state index in [2.05, 4.69) is 10.2 Å². The minimum absolute atomic E-state index is 0. The summed E-state index contributed by atoms with van der Waals surface area (Å²) in [5.41, 5.74) is 1.34. The Labute approximate surface area is 249 Å².